The Kier molecular flexibility index (Phi) is 4.88. The van der Waals surface area contributed by atoms with Crippen LogP contribution in [0, 0.1) is 0 Å². The number of amides is 1. The quantitative estimate of drug-likeness (QED) is 0.417. The Morgan fingerprint density at radius 1 is 1.69 bits per heavy atom. The number of nitrogens with zero attached hydrogens (tertiary/aromatic N) is 4. The normalized spacial score (nSPS) is 24.8. The molecular formula is C9H16N4O3. The lowest BCUT2D eigenvalue weighted by atomic mass is 10.0. The van der Waals surface area contributed by atoms with E-state index in [1.54, 1.807) is 18.9 Å². The molecule has 0 N–H and O–H groups in total. The highest BCUT2D eigenvalue weighted by molar-refractivity contribution is 5.67. The van der Waals surface area contributed by atoms with E-state index in [9.17, 15) is 4.79 Å². The molecule has 1 amide bonds. The van der Waals surface area contributed by atoms with E-state index in [4.69, 9.17) is 15.0 Å². The van der Waals surface area contributed by atoms with Gasteiger partial charge < -0.3 is 14.4 Å². The molecule has 0 radical (unpaired) electrons. The van der Waals surface area contributed by atoms with E-state index < -0.39 is 0 Å². The SMILES string of the molecule is CCOC(=O)N1CC[C@@H](N=[N+]=[N-])[C@H](OC)C1. The molecule has 0 aromatic heterocycles. The molecule has 2 atom stereocenters. The number of rotatable bonds is 3. The maximum absolute atomic E-state index is 11.5. The van der Waals surface area contributed by atoms with Crippen LogP contribution in [-0.2, 0) is 9.47 Å². The second kappa shape index (κ2) is 6.19. The van der Waals surface area contributed by atoms with Gasteiger partial charge in [-0.15, -0.1) is 0 Å². The number of piperidine rings is 1. The molecule has 0 aromatic carbocycles. The van der Waals surface area contributed by atoms with E-state index in [1.807, 2.05) is 0 Å². The van der Waals surface area contributed by atoms with Crippen molar-refractivity contribution < 1.29 is 14.3 Å². The lowest BCUT2D eigenvalue weighted by Crippen LogP contribution is -2.49. The Morgan fingerprint density at radius 3 is 3.00 bits per heavy atom. The Bertz CT molecular complexity index is 290. The van der Waals surface area contributed by atoms with Crippen LogP contribution in [0.3, 0.4) is 0 Å². The monoisotopic (exact) mass is 228 g/mol. The molecule has 1 aliphatic rings. The summed E-state index contributed by atoms with van der Waals surface area (Å²) in [5.74, 6) is 0. The van der Waals surface area contributed by atoms with Crippen molar-refractivity contribution in [2.45, 2.75) is 25.5 Å². The molecule has 0 spiro atoms. The maximum Gasteiger partial charge on any atom is 0.409 e. The van der Waals surface area contributed by atoms with Gasteiger partial charge >= 0.3 is 6.09 Å². The van der Waals surface area contributed by atoms with Crippen LogP contribution < -0.4 is 0 Å². The fraction of sp³-hybridized carbons (Fsp3) is 0.889. The molecule has 1 saturated heterocycles. The van der Waals surface area contributed by atoms with Crippen molar-refractivity contribution in [3.8, 4) is 0 Å². The lowest BCUT2D eigenvalue weighted by Gasteiger charge is -2.34. The summed E-state index contributed by atoms with van der Waals surface area (Å²) in [6.45, 7) is 3.05. The highest BCUT2D eigenvalue weighted by Crippen LogP contribution is 2.17. The number of azide groups is 1. The average molecular weight is 228 g/mol. The zero-order chi connectivity index (χ0) is 12.0. The number of hydrogen-bond acceptors (Lipinski definition) is 4. The average Bonchev–Trinajstić information content (AvgIpc) is 2.30. The number of carbonyl (C=O) groups excluding carboxylic acids is 1. The van der Waals surface area contributed by atoms with Crippen molar-refractivity contribution in [1.29, 1.82) is 0 Å². The van der Waals surface area contributed by atoms with E-state index in [1.165, 1.54) is 0 Å². The topological polar surface area (TPSA) is 87.5 Å². The predicted octanol–water partition coefficient (Wildman–Crippen LogP) is 1.54. The number of hydrogen-bond donors (Lipinski definition) is 0. The minimum atomic E-state index is -0.344. The Morgan fingerprint density at radius 2 is 2.44 bits per heavy atom. The number of carbonyl (C=O) groups is 1. The summed E-state index contributed by atoms with van der Waals surface area (Å²) in [5, 5.41) is 3.65. The second-order valence-electron chi connectivity index (χ2n) is 3.48. The lowest BCUT2D eigenvalue weighted by molar-refractivity contribution is 0.0132. The van der Waals surface area contributed by atoms with Crippen LogP contribution in [0.25, 0.3) is 10.4 Å². The molecule has 1 rings (SSSR count). The van der Waals surface area contributed by atoms with Gasteiger partial charge in [0.25, 0.3) is 0 Å². The first-order valence-electron chi connectivity index (χ1n) is 5.21. The number of likely N-dealkylation sites (tertiary alicyclic amines) is 1. The minimum Gasteiger partial charge on any atom is -0.450 e. The molecule has 1 aliphatic heterocycles. The summed E-state index contributed by atoms with van der Waals surface area (Å²) in [5.41, 5.74) is 8.39. The third kappa shape index (κ3) is 3.01. The Labute approximate surface area is 93.9 Å². The summed E-state index contributed by atoms with van der Waals surface area (Å²) in [6.07, 6.45) is -0.000488. The van der Waals surface area contributed by atoms with Gasteiger partial charge in [0.2, 0.25) is 0 Å². The maximum atomic E-state index is 11.5. The van der Waals surface area contributed by atoms with Crippen LogP contribution in [0.5, 0.6) is 0 Å². The van der Waals surface area contributed by atoms with Crippen LogP contribution in [0.4, 0.5) is 4.79 Å². The summed E-state index contributed by atoms with van der Waals surface area (Å²) >= 11 is 0. The van der Waals surface area contributed by atoms with Gasteiger partial charge in [0.15, 0.2) is 0 Å². The summed E-state index contributed by atoms with van der Waals surface area (Å²) in [4.78, 5) is 15.8. The van der Waals surface area contributed by atoms with Gasteiger partial charge in [0.1, 0.15) is 0 Å². The zero-order valence-corrected chi connectivity index (χ0v) is 9.50. The van der Waals surface area contributed by atoms with Crippen LogP contribution in [0.15, 0.2) is 5.11 Å². The molecule has 1 fully saturated rings. The van der Waals surface area contributed by atoms with Crippen molar-refractivity contribution in [2.75, 3.05) is 26.8 Å². The van der Waals surface area contributed by atoms with Gasteiger partial charge in [-0.3, -0.25) is 0 Å². The summed E-state index contributed by atoms with van der Waals surface area (Å²) < 4.78 is 10.1. The zero-order valence-electron chi connectivity index (χ0n) is 9.50. The standard InChI is InChI=1S/C9H16N4O3/c1-3-16-9(14)13-5-4-7(11-12-10)8(6-13)15-2/h7-8H,3-6H2,1-2H3/t7-,8-/m1/s1. The summed E-state index contributed by atoms with van der Waals surface area (Å²) in [6, 6.07) is -0.208. The predicted molar refractivity (Wildman–Crippen MR) is 56.9 cm³/mol. The Balaban J connectivity index is 2.58. The van der Waals surface area contributed by atoms with Gasteiger partial charge in [-0.25, -0.2) is 4.79 Å². The van der Waals surface area contributed by atoms with Crippen molar-refractivity contribution in [3.63, 3.8) is 0 Å². The smallest absolute Gasteiger partial charge is 0.409 e. The van der Waals surface area contributed by atoms with Gasteiger partial charge in [0.05, 0.1) is 25.3 Å². The van der Waals surface area contributed by atoms with Gasteiger partial charge in [0, 0.05) is 18.6 Å². The first-order chi connectivity index (χ1) is 7.72. The third-order valence-electron chi connectivity index (χ3n) is 2.55. The molecule has 1 heterocycles. The number of methoxy groups -OCH3 is 1. The fourth-order valence-corrected chi connectivity index (χ4v) is 1.71. The third-order valence-corrected chi connectivity index (χ3v) is 2.55. The van der Waals surface area contributed by atoms with E-state index in [-0.39, 0.29) is 18.2 Å². The van der Waals surface area contributed by atoms with Crippen LogP contribution >= 0.6 is 0 Å². The summed E-state index contributed by atoms with van der Waals surface area (Å²) in [7, 11) is 1.54. The van der Waals surface area contributed by atoms with Gasteiger partial charge in [-0.1, -0.05) is 5.11 Å². The molecule has 90 valence electrons. The molecule has 7 nitrogen and oxygen atoms in total. The first kappa shape index (κ1) is 12.6. The minimum absolute atomic E-state index is 0.208. The van der Waals surface area contributed by atoms with Crippen LogP contribution in [-0.4, -0.2) is 49.9 Å². The van der Waals surface area contributed by atoms with E-state index >= 15 is 0 Å². The van der Waals surface area contributed by atoms with Crippen molar-refractivity contribution in [3.05, 3.63) is 10.4 Å². The van der Waals surface area contributed by atoms with Crippen molar-refractivity contribution in [1.82, 2.24) is 4.90 Å². The highest BCUT2D eigenvalue weighted by Gasteiger charge is 2.31. The molecule has 0 saturated carbocycles. The van der Waals surface area contributed by atoms with E-state index in [2.05, 4.69) is 10.0 Å². The molecule has 0 bridgehead atoms. The molecule has 0 unspecified atom stereocenters. The molecule has 0 aliphatic carbocycles. The van der Waals surface area contributed by atoms with Crippen molar-refractivity contribution >= 4 is 6.09 Å². The number of ether oxygens (including phenoxy) is 2. The van der Waals surface area contributed by atoms with E-state index in [0.29, 0.717) is 26.1 Å². The second-order valence-corrected chi connectivity index (χ2v) is 3.48. The first-order valence-corrected chi connectivity index (χ1v) is 5.21. The molecule has 7 heteroatoms. The molecular weight excluding hydrogens is 212 g/mol. The van der Waals surface area contributed by atoms with Crippen LogP contribution in [0.2, 0.25) is 0 Å². The molecule has 16 heavy (non-hydrogen) atoms. The fourth-order valence-electron chi connectivity index (χ4n) is 1.71. The largest absolute Gasteiger partial charge is 0.450 e. The highest BCUT2D eigenvalue weighted by atomic mass is 16.6. The van der Waals surface area contributed by atoms with Crippen LogP contribution in [0.1, 0.15) is 13.3 Å². The molecule has 0 aromatic rings. The van der Waals surface area contributed by atoms with E-state index in [0.717, 1.165) is 0 Å². The van der Waals surface area contributed by atoms with Crippen molar-refractivity contribution in [2.24, 2.45) is 5.11 Å². The Hall–Kier alpha value is -1.46. The van der Waals surface area contributed by atoms with Gasteiger partial charge in [-0.2, -0.15) is 0 Å². The van der Waals surface area contributed by atoms with Gasteiger partial charge in [-0.05, 0) is 18.9 Å².